The summed E-state index contributed by atoms with van der Waals surface area (Å²) in [6.45, 7) is 10.7. The number of pyridine rings is 1. The van der Waals surface area contributed by atoms with Crippen molar-refractivity contribution in [3.8, 4) is 23.0 Å². The van der Waals surface area contributed by atoms with Crippen molar-refractivity contribution in [1.29, 1.82) is 0 Å². The van der Waals surface area contributed by atoms with E-state index in [-0.39, 0.29) is 6.61 Å². The molecule has 7 heteroatoms. The Labute approximate surface area is 215 Å². The van der Waals surface area contributed by atoms with Gasteiger partial charge in [-0.25, -0.2) is 14.5 Å². The fourth-order valence-electron chi connectivity index (χ4n) is 4.41. The third kappa shape index (κ3) is 4.85. The largest absolute Gasteiger partial charge is 0.463 e. The smallest absolute Gasteiger partial charge is 0.339 e. The molecule has 0 N–H and O–H groups in total. The summed E-state index contributed by atoms with van der Waals surface area (Å²) in [5.41, 5.74) is 6.99. The Morgan fingerprint density at radius 1 is 0.973 bits per heavy atom. The zero-order valence-electron chi connectivity index (χ0n) is 21.7. The number of rotatable bonds is 7. The summed E-state index contributed by atoms with van der Waals surface area (Å²) < 4.78 is 18.8. The van der Waals surface area contributed by atoms with Crippen LogP contribution in [0.15, 0.2) is 65.3 Å². The Hall–Kier alpha value is -4.39. The topological polar surface area (TPSA) is 79.4 Å². The number of carbonyl (C=O) groups is 1. The van der Waals surface area contributed by atoms with Gasteiger partial charge in [-0.3, -0.25) is 0 Å². The zero-order valence-corrected chi connectivity index (χ0v) is 21.7. The second-order valence-corrected chi connectivity index (χ2v) is 9.12. The molecule has 0 aliphatic carbocycles. The number of esters is 1. The number of aryl methyl sites for hydroxylation is 3. The number of aromatic nitrogens is 3. The second kappa shape index (κ2) is 9.93. The molecule has 5 rings (SSSR count). The number of furan rings is 1. The van der Waals surface area contributed by atoms with Crippen LogP contribution in [0.1, 0.15) is 45.2 Å². The lowest BCUT2D eigenvalue weighted by Crippen LogP contribution is -2.08. The van der Waals surface area contributed by atoms with Gasteiger partial charge in [-0.05, 0) is 99.3 Å². The van der Waals surface area contributed by atoms with E-state index in [1.54, 1.807) is 25.3 Å². The van der Waals surface area contributed by atoms with Crippen LogP contribution in [-0.2, 0) is 11.3 Å². The summed E-state index contributed by atoms with van der Waals surface area (Å²) in [5, 5.41) is 5.39. The standard InChI is InChI=1S/C30H29N3O4/c1-6-35-30(34)25-16-26(27-8-7-13-36-27)31-29-28(25)21(5)32-33(29)17-22-9-11-23(12-10-22)37-24-14-18(2)20(4)19(3)15-24/h7-16H,6,17H2,1-5H3. The van der Waals surface area contributed by atoms with Gasteiger partial charge in [-0.15, -0.1) is 0 Å². The summed E-state index contributed by atoms with van der Waals surface area (Å²) in [5.74, 6) is 1.74. The molecule has 0 saturated carbocycles. The minimum atomic E-state index is -0.409. The van der Waals surface area contributed by atoms with Crippen LogP contribution >= 0.6 is 0 Å². The van der Waals surface area contributed by atoms with Gasteiger partial charge in [0.1, 0.15) is 17.2 Å². The lowest BCUT2D eigenvalue weighted by molar-refractivity contribution is 0.0528. The minimum absolute atomic E-state index is 0.280. The Bertz CT molecular complexity index is 1560. The molecule has 188 valence electrons. The van der Waals surface area contributed by atoms with Gasteiger partial charge in [0.2, 0.25) is 0 Å². The highest BCUT2D eigenvalue weighted by Gasteiger charge is 2.22. The number of carbonyl (C=O) groups excluding carboxylic acids is 1. The van der Waals surface area contributed by atoms with Gasteiger partial charge in [0.25, 0.3) is 0 Å². The van der Waals surface area contributed by atoms with Crippen LogP contribution in [0, 0.1) is 27.7 Å². The second-order valence-electron chi connectivity index (χ2n) is 9.12. The molecule has 0 unspecified atom stereocenters. The molecule has 3 heterocycles. The molecular formula is C30H29N3O4. The van der Waals surface area contributed by atoms with Crippen molar-refractivity contribution in [1.82, 2.24) is 14.8 Å². The van der Waals surface area contributed by atoms with Crippen LogP contribution in [0.3, 0.4) is 0 Å². The van der Waals surface area contributed by atoms with Crippen LogP contribution in [0.4, 0.5) is 0 Å². The molecule has 5 aromatic rings. The molecule has 7 nitrogen and oxygen atoms in total. The predicted octanol–water partition coefficient (Wildman–Crippen LogP) is 6.94. The summed E-state index contributed by atoms with van der Waals surface area (Å²) in [6, 6.07) is 17.3. The van der Waals surface area contributed by atoms with Crippen molar-refractivity contribution >= 4 is 17.0 Å². The van der Waals surface area contributed by atoms with Crippen molar-refractivity contribution in [2.24, 2.45) is 0 Å². The van der Waals surface area contributed by atoms with Gasteiger partial charge in [0.15, 0.2) is 11.4 Å². The van der Waals surface area contributed by atoms with Crippen molar-refractivity contribution in [3.63, 3.8) is 0 Å². The van der Waals surface area contributed by atoms with Gasteiger partial charge in [0, 0.05) is 0 Å². The van der Waals surface area contributed by atoms with E-state index in [1.165, 1.54) is 16.7 Å². The maximum atomic E-state index is 12.8. The lowest BCUT2D eigenvalue weighted by Gasteiger charge is -2.11. The number of benzene rings is 2. The van der Waals surface area contributed by atoms with Crippen LogP contribution in [0.2, 0.25) is 0 Å². The normalized spacial score (nSPS) is 11.2. The van der Waals surface area contributed by atoms with Crippen LogP contribution in [0.25, 0.3) is 22.5 Å². The van der Waals surface area contributed by atoms with Gasteiger partial charge >= 0.3 is 5.97 Å². The van der Waals surface area contributed by atoms with Gasteiger partial charge in [-0.1, -0.05) is 12.1 Å². The summed E-state index contributed by atoms with van der Waals surface area (Å²) >= 11 is 0. The summed E-state index contributed by atoms with van der Waals surface area (Å²) in [6.07, 6.45) is 1.58. The predicted molar refractivity (Wildman–Crippen MR) is 142 cm³/mol. The molecule has 0 aliphatic heterocycles. The highest BCUT2D eigenvalue weighted by Crippen LogP contribution is 2.30. The monoisotopic (exact) mass is 495 g/mol. The molecule has 37 heavy (non-hydrogen) atoms. The van der Waals surface area contributed by atoms with Gasteiger partial charge in [-0.2, -0.15) is 5.10 Å². The number of hydrogen-bond donors (Lipinski definition) is 0. The van der Waals surface area contributed by atoms with Crippen molar-refractivity contribution < 1.29 is 18.7 Å². The molecule has 3 aromatic heterocycles. The molecule has 0 saturated heterocycles. The fourth-order valence-corrected chi connectivity index (χ4v) is 4.41. The first kappa shape index (κ1) is 24.3. The van der Waals surface area contributed by atoms with E-state index in [9.17, 15) is 4.79 Å². The SMILES string of the molecule is CCOC(=O)c1cc(-c2ccco2)nc2c1c(C)nn2Cc1ccc(Oc2cc(C)c(C)c(C)c2)cc1. The van der Waals surface area contributed by atoms with Gasteiger partial charge in [0.05, 0.1) is 36.1 Å². The third-order valence-electron chi connectivity index (χ3n) is 6.54. The average Bonchev–Trinajstić information content (AvgIpc) is 3.52. The van der Waals surface area contributed by atoms with Crippen molar-refractivity contribution in [2.75, 3.05) is 6.61 Å². The van der Waals surface area contributed by atoms with Crippen molar-refractivity contribution in [3.05, 3.63) is 94.4 Å². The Morgan fingerprint density at radius 3 is 2.35 bits per heavy atom. The highest BCUT2D eigenvalue weighted by atomic mass is 16.5. The van der Waals surface area contributed by atoms with Crippen LogP contribution < -0.4 is 4.74 Å². The minimum Gasteiger partial charge on any atom is -0.463 e. The molecule has 0 bridgehead atoms. The average molecular weight is 496 g/mol. The number of ether oxygens (including phenoxy) is 2. The lowest BCUT2D eigenvalue weighted by atomic mass is 10.0. The molecule has 0 atom stereocenters. The molecule has 0 radical (unpaired) electrons. The van der Waals surface area contributed by atoms with E-state index >= 15 is 0 Å². The van der Waals surface area contributed by atoms with E-state index < -0.39 is 5.97 Å². The molecule has 0 spiro atoms. The van der Waals surface area contributed by atoms with Crippen LogP contribution in [0.5, 0.6) is 11.5 Å². The Morgan fingerprint density at radius 2 is 1.70 bits per heavy atom. The third-order valence-corrected chi connectivity index (χ3v) is 6.54. The maximum absolute atomic E-state index is 12.8. The summed E-state index contributed by atoms with van der Waals surface area (Å²) in [4.78, 5) is 17.6. The van der Waals surface area contributed by atoms with E-state index in [2.05, 4.69) is 32.9 Å². The van der Waals surface area contributed by atoms with Gasteiger partial charge < -0.3 is 13.9 Å². The first-order valence-electron chi connectivity index (χ1n) is 12.3. The number of nitrogens with zero attached hydrogens (tertiary/aromatic N) is 3. The Kier molecular flexibility index (Phi) is 6.53. The van der Waals surface area contributed by atoms with E-state index in [4.69, 9.17) is 24.0 Å². The molecule has 0 amide bonds. The molecule has 0 aliphatic rings. The number of fused-ring (bicyclic) bond motifs is 1. The van der Waals surface area contributed by atoms with Crippen LogP contribution in [-0.4, -0.2) is 27.3 Å². The number of hydrogen-bond acceptors (Lipinski definition) is 6. The molecule has 0 fully saturated rings. The first-order valence-corrected chi connectivity index (χ1v) is 12.3. The van der Waals surface area contributed by atoms with E-state index in [0.717, 1.165) is 17.1 Å². The zero-order chi connectivity index (χ0) is 26.1. The quantitative estimate of drug-likeness (QED) is 0.228. The maximum Gasteiger partial charge on any atom is 0.339 e. The summed E-state index contributed by atoms with van der Waals surface area (Å²) in [7, 11) is 0. The highest BCUT2D eigenvalue weighted by molar-refractivity contribution is 6.04. The first-order chi connectivity index (χ1) is 17.8. The Balaban J connectivity index is 1.47. The van der Waals surface area contributed by atoms with E-state index in [1.807, 2.05) is 41.9 Å². The molecule has 2 aromatic carbocycles. The van der Waals surface area contributed by atoms with Crippen molar-refractivity contribution in [2.45, 2.75) is 41.2 Å². The fraction of sp³-hybridized carbons (Fsp3) is 0.233. The van der Waals surface area contributed by atoms with E-state index in [0.29, 0.717) is 40.3 Å². The molecular weight excluding hydrogens is 466 g/mol.